The maximum Gasteiger partial charge on any atom is 0.0989 e. The van der Waals surface area contributed by atoms with Crippen LogP contribution in [0, 0.1) is 11.8 Å². The van der Waals surface area contributed by atoms with E-state index >= 15 is 0 Å². The summed E-state index contributed by atoms with van der Waals surface area (Å²) < 4.78 is 6.51. The monoisotopic (exact) mass is 334 g/mol. The molecule has 3 unspecified atom stereocenters. The Morgan fingerprint density at radius 1 is 0.960 bits per heavy atom. The normalized spacial score (nSPS) is 31.2. The average Bonchev–Trinajstić information content (AvgIpc) is 3.26. The van der Waals surface area contributed by atoms with Crippen LogP contribution in [0.5, 0.6) is 0 Å². The van der Waals surface area contributed by atoms with Crippen molar-refractivity contribution in [1.29, 1.82) is 0 Å². The van der Waals surface area contributed by atoms with E-state index in [0.717, 1.165) is 18.3 Å². The Hall–Kier alpha value is -1.60. The molecule has 0 bridgehead atoms. The number of benzene rings is 2. The van der Waals surface area contributed by atoms with E-state index in [9.17, 15) is 0 Å². The minimum Gasteiger partial charge on any atom is -0.363 e. The number of fused-ring (bicyclic) bond motifs is 1. The average molecular weight is 335 g/mol. The summed E-state index contributed by atoms with van der Waals surface area (Å²) in [7, 11) is 0. The van der Waals surface area contributed by atoms with E-state index in [-0.39, 0.29) is 11.2 Å². The van der Waals surface area contributed by atoms with Gasteiger partial charge in [0.05, 0.1) is 11.2 Å². The van der Waals surface area contributed by atoms with Crippen molar-refractivity contribution in [3.05, 3.63) is 71.8 Å². The molecule has 2 aromatic rings. The molecule has 1 aliphatic carbocycles. The van der Waals surface area contributed by atoms with E-state index in [0.29, 0.717) is 5.92 Å². The van der Waals surface area contributed by atoms with Gasteiger partial charge in [0, 0.05) is 5.92 Å². The van der Waals surface area contributed by atoms with Crippen molar-refractivity contribution < 1.29 is 4.74 Å². The van der Waals surface area contributed by atoms with Gasteiger partial charge in [0.25, 0.3) is 0 Å². The topological polar surface area (TPSA) is 12.5 Å². The lowest BCUT2D eigenvalue weighted by Crippen LogP contribution is -2.35. The molecule has 0 spiro atoms. The van der Waals surface area contributed by atoms with Crippen molar-refractivity contribution >= 4 is 0 Å². The fourth-order valence-corrected chi connectivity index (χ4v) is 4.97. The second-order valence-electron chi connectivity index (χ2n) is 8.65. The quantitative estimate of drug-likeness (QED) is 0.594. The van der Waals surface area contributed by atoms with Crippen LogP contribution in [0.2, 0.25) is 0 Å². The molecule has 0 amide bonds. The molecule has 1 saturated heterocycles. The molecule has 1 heteroatoms. The third-order valence-corrected chi connectivity index (χ3v) is 6.81. The van der Waals surface area contributed by atoms with Crippen molar-refractivity contribution in [1.82, 2.24) is 0 Å². The standard InChI is InChI=1S/C24H30O/c1-18(2)21-14-15-23(3)24(16-21,25-23)17-22(19-10-6-4-7-11-19)20-12-8-5-9-13-20/h4-13,18,21-22H,14-17H2,1-3H3. The first-order valence-corrected chi connectivity index (χ1v) is 9.83. The van der Waals surface area contributed by atoms with Crippen LogP contribution < -0.4 is 0 Å². The number of hydrogen-bond acceptors (Lipinski definition) is 1. The molecule has 0 N–H and O–H groups in total. The maximum atomic E-state index is 6.51. The maximum absolute atomic E-state index is 6.51. The minimum atomic E-state index is 0.0660. The summed E-state index contributed by atoms with van der Waals surface area (Å²) in [6.07, 6.45) is 4.85. The first-order valence-electron chi connectivity index (χ1n) is 9.83. The summed E-state index contributed by atoms with van der Waals surface area (Å²) >= 11 is 0. The predicted octanol–water partition coefficient (Wildman–Crippen LogP) is 6.19. The SMILES string of the molecule is CC(C)C1CCC2(C)OC2(CC(c2ccccc2)c2ccccc2)C1. The third kappa shape index (κ3) is 3.04. The molecule has 25 heavy (non-hydrogen) atoms. The van der Waals surface area contributed by atoms with Gasteiger partial charge in [-0.2, -0.15) is 0 Å². The van der Waals surface area contributed by atoms with Crippen LogP contribution in [0.4, 0.5) is 0 Å². The third-order valence-electron chi connectivity index (χ3n) is 6.81. The molecule has 2 aromatic carbocycles. The summed E-state index contributed by atoms with van der Waals surface area (Å²) in [5, 5.41) is 0. The van der Waals surface area contributed by atoms with Gasteiger partial charge in [-0.25, -0.2) is 0 Å². The predicted molar refractivity (Wildman–Crippen MR) is 104 cm³/mol. The van der Waals surface area contributed by atoms with E-state index in [1.807, 2.05) is 0 Å². The van der Waals surface area contributed by atoms with Crippen LogP contribution in [0.1, 0.15) is 63.5 Å². The molecule has 1 aliphatic heterocycles. The van der Waals surface area contributed by atoms with E-state index in [2.05, 4.69) is 81.4 Å². The van der Waals surface area contributed by atoms with Gasteiger partial charge in [0.15, 0.2) is 0 Å². The number of rotatable bonds is 5. The van der Waals surface area contributed by atoms with Crippen LogP contribution in [0.3, 0.4) is 0 Å². The zero-order chi connectivity index (χ0) is 17.5. The number of ether oxygens (including phenoxy) is 1. The smallest absolute Gasteiger partial charge is 0.0989 e. The van der Waals surface area contributed by atoms with Crippen molar-refractivity contribution in [2.24, 2.45) is 11.8 Å². The summed E-state index contributed by atoms with van der Waals surface area (Å²) in [4.78, 5) is 0. The Bertz CT molecular complexity index is 668. The molecule has 1 saturated carbocycles. The van der Waals surface area contributed by atoms with Crippen molar-refractivity contribution in [3.63, 3.8) is 0 Å². The van der Waals surface area contributed by atoms with Gasteiger partial charge < -0.3 is 4.74 Å². The van der Waals surface area contributed by atoms with Crippen LogP contribution in [-0.4, -0.2) is 11.2 Å². The highest BCUT2D eigenvalue weighted by molar-refractivity contribution is 5.35. The molecule has 4 rings (SSSR count). The highest BCUT2D eigenvalue weighted by Gasteiger charge is 2.68. The van der Waals surface area contributed by atoms with E-state index < -0.39 is 0 Å². The van der Waals surface area contributed by atoms with Crippen LogP contribution in [0.15, 0.2) is 60.7 Å². The van der Waals surface area contributed by atoms with E-state index in [4.69, 9.17) is 4.74 Å². The lowest BCUT2D eigenvalue weighted by Gasteiger charge is -2.34. The first kappa shape index (κ1) is 16.8. The minimum absolute atomic E-state index is 0.0660. The Labute approximate surface area is 152 Å². The fraction of sp³-hybridized carbons (Fsp3) is 0.500. The number of epoxide rings is 1. The van der Waals surface area contributed by atoms with Gasteiger partial charge >= 0.3 is 0 Å². The molecule has 132 valence electrons. The lowest BCUT2D eigenvalue weighted by atomic mass is 9.67. The van der Waals surface area contributed by atoms with Crippen LogP contribution in [-0.2, 0) is 4.74 Å². The summed E-state index contributed by atoms with van der Waals surface area (Å²) in [6, 6.07) is 22.0. The van der Waals surface area contributed by atoms with Crippen molar-refractivity contribution in [2.75, 3.05) is 0 Å². The highest BCUT2D eigenvalue weighted by Crippen LogP contribution is 2.63. The molecule has 2 aliphatic rings. The lowest BCUT2D eigenvalue weighted by molar-refractivity contribution is 0.204. The second kappa shape index (κ2) is 6.29. The summed E-state index contributed by atoms with van der Waals surface area (Å²) in [6.45, 7) is 7.08. The molecule has 0 radical (unpaired) electrons. The van der Waals surface area contributed by atoms with Gasteiger partial charge in [0.1, 0.15) is 0 Å². The zero-order valence-corrected chi connectivity index (χ0v) is 15.7. The molecule has 0 aromatic heterocycles. The molecular weight excluding hydrogens is 304 g/mol. The van der Waals surface area contributed by atoms with Gasteiger partial charge in [-0.05, 0) is 55.6 Å². The summed E-state index contributed by atoms with van der Waals surface area (Å²) in [5.41, 5.74) is 2.98. The molecule has 2 fully saturated rings. The molecule has 1 heterocycles. The van der Waals surface area contributed by atoms with Gasteiger partial charge in [-0.3, -0.25) is 0 Å². The largest absolute Gasteiger partial charge is 0.363 e. The Morgan fingerprint density at radius 3 is 2.04 bits per heavy atom. The van der Waals surface area contributed by atoms with Gasteiger partial charge in [0.2, 0.25) is 0 Å². The molecule has 1 nitrogen and oxygen atoms in total. The number of hydrogen-bond donors (Lipinski definition) is 0. The van der Waals surface area contributed by atoms with Gasteiger partial charge in [-0.1, -0.05) is 74.5 Å². The van der Waals surface area contributed by atoms with Crippen molar-refractivity contribution in [2.45, 2.75) is 63.6 Å². The van der Waals surface area contributed by atoms with E-state index in [1.54, 1.807) is 0 Å². The first-order chi connectivity index (χ1) is 12.0. The molecule has 3 atom stereocenters. The van der Waals surface area contributed by atoms with Crippen molar-refractivity contribution in [3.8, 4) is 0 Å². The second-order valence-corrected chi connectivity index (χ2v) is 8.65. The van der Waals surface area contributed by atoms with Crippen LogP contribution in [0.25, 0.3) is 0 Å². The zero-order valence-electron chi connectivity index (χ0n) is 15.7. The summed E-state index contributed by atoms with van der Waals surface area (Å²) in [5.74, 6) is 1.95. The molecular formula is C24H30O. The highest BCUT2D eigenvalue weighted by atomic mass is 16.6. The van der Waals surface area contributed by atoms with Gasteiger partial charge in [-0.15, -0.1) is 0 Å². The Kier molecular flexibility index (Phi) is 4.24. The van der Waals surface area contributed by atoms with Crippen LogP contribution >= 0.6 is 0 Å². The Morgan fingerprint density at radius 2 is 1.52 bits per heavy atom. The fourth-order valence-electron chi connectivity index (χ4n) is 4.97. The van der Waals surface area contributed by atoms with E-state index in [1.165, 1.54) is 30.4 Å². The Balaban J connectivity index is 1.65.